The van der Waals surface area contributed by atoms with E-state index in [1.54, 1.807) is 17.1 Å². The van der Waals surface area contributed by atoms with E-state index in [2.05, 4.69) is 18.8 Å². The van der Waals surface area contributed by atoms with Crippen LogP contribution in [-0.4, -0.2) is 28.7 Å². The molecule has 0 fully saturated rings. The van der Waals surface area contributed by atoms with Gasteiger partial charge in [0.1, 0.15) is 0 Å². The minimum atomic E-state index is -0.358. The Kier molecular flexibility index (Phi) is 5.69. The smallest absolute Gasteiger partial charge is 0.358 e. The van der Waals surface area contributed by atoms with Crippen LogP contribution >= 0.6 is 0 Å². The summed E-state index contributed by atoms with van der Waals surface area (Å²) < 4.78 is 6.97. The second-order valence-corrected chi connectivity index (χ2v) is 4.28. The normalized spacial score (nSPS) is 12.4. The molecule has 0 spiro atoms. The molecule has 0 aromatic carbocycles. The third kappa shape index (κ3) is 4.56. The minimum Gasteiger partial charge on any atom is -0.461 e. The first-order valence-electron chi connectivity index (χ1n) is 6.06. The van der Waals surface area contributed by atoms with Crippen LogP contribution in [0.2, 0.25) is 0 Å². The SMILES string of the molecule is CCCC(C)COC(=O)c1cn(CCN)cn1. The van der Waals surface area contributed by atoms with Crippen LogP contribution in [0, 0.1) is 5.92 Å². The molecule has 96 valence electrons. The molecular formula is C12H21N3O2. The Morgan fingerprint density at radius 2 is 2.41 bits per heavy atom. The van der Waals surface area contributed by atoms with Crippen molar-refractivity contribution >= 4 is 5.97 Å². The minimum absolute atomic E-state index is 0.349. The van der Waals surface area contributed by atoms with Crippen molar-refractivity contribution in [2.24, 2.45) is 11.7 Å². The third-order valence-electron chi connectivity index (χ3n) is 2.51. The van der Waals surface area contributed by atoms with Crippen LogP contribution in [0.5, 0.6) is 0 Å². The maximum absolute atomic E-state index is 11.6. The van der Waals surface area contributed by atoms with Crippen LogP contribution in [0.1, 0.15) is 37.2 Å². The monoisotopic (exact) mass is 239 g/mol. The number of aromatic nitrogens is 2. The second kappa shape index (κ2) is 7.06. The molecule has 1 unspecified atom stereocenters. The number of nitrogens with two attached hydrogens (primary N) is 1. The Hall–Kier alpha value is -1.36. The van der Waals surface area contributed by atoms with Gasteiger partial charge in [-0.3, -0.25) is 0 Å². The lowest BCUT2D eigenvalue weighted by molar-refractivity contribution is 0.0437. The highest BCUT2D eigenvalue weighted by atomic mass is 16.5. The van der Waals surface area contributed by atoms with Crippen molar-refractivity contribution in [1.82, 2.24) is 9.55 Å². The first kappa shape index (κ1) is 13.7. The van der Waals surface area contributed by atoms with Crippen molar-refractivity contribution in [3.05, 3.63) is 18.2 Å². The van der Waals surface area contributed by atoms with Crippen molar-refractivity contribution in [3.8, 4) is 0 Å². The van der Waals surface area contributed by atoms with Crippen molar-refractivity contribution in [2.75, 3.05) is 13.2 Å². The molecule has 1 aromatic rings. The lowest BCUT2D eigenvalue weighted by Crippen LogP contribution is -2.12. The Balaban J connectivity index is 2.40. The van der Waals surface area contributed by atoms with Gasteiger partial charge in [-0.25, -0.2) is 9.78 Å². The molecule has 0 bridgehead atoms. The standard InChI is InChI=1S/C12H21N3O2/c1-3-4-10(2)8-17-12(16)11-7-15(6-5-13)9-14-11/h7,9-10H,3-6,8,13H2,1-2H3. The third-order valence-corrected chi connectivity index (χ3v) is 2.51. The summed E-state index contributed by atoms with van der Waals surface area (Å²) in [6.07, 6.45) is 5.43. The Morgan fingerprint density at radius 3 is 3.06 bits per heavy atom. The first-order valence-corrected chi connectivity index (χ1v) is 6.06. The summed E-state index contributed by atoms with van der Waals surface area (Å²) in [5.74, 6) is 0.0406. The van der Waals surface area contributed by atoms with E-state index in [1.165, 1.54) is 0 Å². The lowest BCUT2D eigenvalue weighted by Gasteiger charge is -2.09. The predicted molar refractivity (Wildman–Crippen MR) is 65.6 cm³/mol. The van der Waals surface area contributed by atoms with Gasteiger partial charge in [-0.15, -0.1) is 0 Å². The quantitative estimate of drug-likeness (QED) is 0.731. The van der Waals surface area contributed by atoms with E-state index in [9.17, 15) is 4.79 Å². The molecule has 0 saturated heterocycles. The fraction of sp³-hybridized carbons (Fsp3) is 0.667. The van der Waals surface area contributed by atoms with Gasteiger partial charge in [-0.05, 0) is 12.3 Å². The largest absolute Gasteiger partial charge is 0.461 e. The molecule has 17 heavy (non-hydrogen) atoms. The molecule has 1 rings (SSSR count). The molecule has 0 amide bonds. The van der Waals surface area contributed by atoms with Crippen LogP contribution in [0.15, 0.2) is 12.5 Å². The summed E-state index contributed by atoms with van der Waals surface area (Å²) in [5, 5.41) is 0. The van der Waals surface area contributed by atoms with E-state index >= 15 is 0 Å². The van der Waals surface area contributed by atoms with E-state index in [0.717, 1.165) is 12.8 Å². The average Bonchev–Trinajstić information content (AvgIpc) is 2.75. The molecule has 0 aliphatic rings. The molecule has 1 atom stereocenters. The molecule has 2 N–H and O–H groups in total. The number of hydrogen-bond donors (Lipinski definition) is 1. The maximum atomic E-state index is 11.6. The van der Waals surface area contributed by atoms with Gasteiger partial charge in [-0.1, -0.05) is 20.3 Å². The van der Waals surface area contributed by atoms with Gasteiger partial charge < -0.3 is 15.0 Å². The first-order chi connectivity index (χ1) is 8.17. The van der Waals surface area contributed by atoms with Crippen molar-refractivity contribution in [3.63, 3.8) is 0 Å². The summed E-state index contributed by atoms with van der Waals surface area (Å²) in [7, 11) is 0. The number of imidazole rings is 1. The van der Waals surface area contributed by atoms with Gasteiger partial charge in [-0.2, -0.15) is 0 Å². The van der Waals surface area contributed by atoms with Gasteiger partial charge in [0, 0.05) is 19.3 Å². The zero-order chi connectivity index (χ0) is 12.7. The van der Waals surface area contributed by atoms with E-state index in [4.69, 9.17) is 10.5 Å². The Labute approximate surface area is 102 Å². The number of nitrogens with zero attached hydrogens (tertiary/aromatic N) is 2. The zero-order valence-corrected chi connectivity index (χ0v) is 10.6. The summed E-state index contributed by atoms with van der Waals surface area (Å²) in [4.78, 5) is 15.6. The van der Waals surface area contributed by atoms with Crippen LogP contribution in [-0.2, 0) is 11.3 Å². The number of carbonyl (C=O) groups excluding carboxylic acids is 1. The predicted octanol–water partition coefficient (Wildman–Crippen LogP) is 1.43. The maximum Gasteiger partial charge on any atom is 0.358 e. The number of hydrogen-bond acceptors (Lipinski definition) is 4. The van der Waals surface area contributed by atoms with Crippen molar-refractivity contribution in [1.29, 1.82) is 0 Å². The topological polar surface area (TPSA) is 70.1 Å². The molecule has 0 radical (unpaired) electrons. The molecule has 1 heterocycles. The summed E-state index contributed by atoms with van der Waals surface area (Å²) >= 11 is 0. The van der Waals surface area contributed by atoms with Gasteiger partial charge in [0.2, 0.25) is 0 Å². The highest BCUT2D eigenvalue weighted by Gasteiger charge is 2.12. The van der Waals surface area contributed by atoms with E-state index in [-0.39, 0.29) is 5.97 Å². The van der Waals surface area contributed by atoms with Gasteiger partial charge in [0.25, 0.3) is 0 Å². The molecule has 0 saturated carbocycles. The average molecular weight is 239 g/mol. The van der Waals surface area contributed by atoms with E-state index in [0.29, 0.717) is 31.3 Å². The van der Waals surface area contributed by atoms with Crippen molar-refractivity contribution < 1.29 is 9.53 Å². The molecule has 0 aliphatic carbocycles. The van der Waals surface area contributed by atoms with Crippen molar-refractivity contribution in [2.45, 2.75) is 33.2 Å². The summed E-state index contributed by atoms with van der Waals surface area (Å²) in [5.41, 5.74) is 5.76. The van der Waals surface area contributed by atoms with Crippen LogP contribution in [0.3, 0.4) is 0 Å². The molecule has 5 nitrogen and oxygen atoms in total. The fourth-order valence-electron chi connectivity index (χ4n) is 1.60. The van der Waals surface area contributed by atoms with Crippen LogP contribution < -0.4 is 5.73 Å². The van der Waals surface area contributed by atoms with Gasteiger partial charge in [0.15, 0.2) is 5.69 Å². The molecule has 5 heteroatoms. The zero-order valence-electron chi connectivity index (χ0n) is 10.6. The Bertz CT molecular complexity index is 349. The van der Waals surface area contributed by atoms with E-state index < -0.39 is 0 Å². The van der Waals surface area contributed by atoms with Gasteiger partial charge >= 0.3 is 5.97 Å². The summed E-state index contributed by atoms with van der Waals surface area (Å²) in [6.45, 7) is 5.83. The Morgan fingerprint density at radius 1 is 1.65 bits per heavy atom. The van der Waals surface area contributed by atoms with Crippen LogP contribution in [0.25, 0.3) is 0 Å². The molecule has 1 aromatic heterocycles. The van der Waals surface area contributed by atoms with Gasteiger partial charge in [0.05, 0.1) is 12.9 Å². The fourth-order valence-corrected chi connectivity index (χ4v) is 1.60. The lowest BCUT2D eigenvalue weighted by atomic mass is 10.1. The van der Waals surface area contributed by atoms with E-state index in [1.807, 2.05) is 0 Å². The number of rotatable bonds is 7. The molecule has 0 aliphatic heterocycles. The number of esters is 1. The number of ether oxygens (including phenoxy) is 1. The highest BCUT2D eigenvalue weighted by Crippen LogP contribution is 2.07. The van der Waals surface area contributed by atoms with Crippen LogP contribution in [0.4, 0.5) is 0 Å². The summed E-state index contributed by atoms with van der Waals surface area (Å²) in [6, 6.07) is 0. The highest BCUT2D eigenvalue weighted by molar-refractivity contribution is 5.86. The second-order valence-electron chi connectivity index (χ2n) is 4.28. The number of carbonyl (C=O) groups is 1. The molecular weight excluding hydrogens is 218 g/mol.